The summed E-state index contributed by atoms with van der Waals surface area (Å²) in [6.45, 7) is 2.37. The second-order valence-corrected chi connectivity index (χ2v) is 6.65. The van der Waals surface area contributed by atoms with E-state index in [-0.39, 0.29) is 11.8 Å². The van der Waals surface area contributed by atoms with Gasteiger partial charge in [0.15, 0.2) is 11.5 Å². The minimum Gasteiger partial charge on any atom is -0.493 e. The maximum absolute atomic E-state index is 12.8. The molecule has 2 amide bonds. The number of carbonyl (C=O) groups is 2. The number of methoxy groups -OCH3 is 2. The van der Waals surface area contributed by atoms with Crippen molar-refractivity contribution in [2.45, 2.75) is 6.42 Å². The first-order valence-electron chi connectivity index (χ1n) is 9.59. The van der Waals surface area contributed by atoms with E-state index < -0.39 is 0 Å². The van der Waals surface area contributed by atoms with Crippen LogP contribution in [0.4, 0.5) is 0 Å². The van der Waals surface area contributed by atoms with Crippen molar-refractivity contribution < 1.29 is 23.8 Å². The molecule has 154 valence electrons. The van der Waals surface area contributed by atoms with Gasteiger partial charge in [-0.15, -0.1) is 0 Å². The van der Waals surface area contributed by atoms with Crippen LogP contribution in [0.3, 0.4) is 0 Å². The predicted molar refractivity (Wildman–Crippen MR) is 109 cm³/mol. The third-order valence-electron chi connectivity index (χ3n) is 4.88. The van der Waals surface area contributed by atoms with Crippen LogP contribution in [0.2, 0.25) is 0 Å². The first-order chi connectivity index (χ1) is 14.1. The van der Waals surface area contributed by atoms with E-state index in [4.69, 9.17) is 14.2 Å². The zero-order chi connectivity index (χ0) is 20.6. The Morgan fingerprint density at radius 3 is 2.17 bits per heavy atom. The maximum Gasteiger partial charge on any atom is 0.254 e. The van der Waals surface area contributed by atoms with Gasteiger partial charge in [-0.1, -0.05) is 18.2 Å². The normalized spacial score (nSPS) is 13.7. The van der Waals surface area contributed by atoms with Crippen LogP contribution in [0.1, 0.15) is 16.8 Å². The van der Waals surface area contributed by atoms with E-state index in [0.29, 0.717) is 56.3 Å². The van der Waals surface area contributed by atoms with Gasteiger partial charge in [-0.05, 0) is 30.3 Å². The van der Waals surface area contributed by atoms with Gasteiger partial charge in [-0.2, -0.15) is 0 Å². The van der Waals surface area contributed by atoms with Gasteiger partial charge in [0.05, 0.1) is 27.2 Å². The van der Waals surface area contributed by atoms with Gasteiger partial charge >= 0.3 is 0 Å². The van der Waals surface area contributed by atoms with E-state index in [0.717, 1.165) is 5.75 Å². The molecule has 0 saturated carbocycles. The number of piperazine rings is 1. The Morgan fingerprint density at radius 2 is 1.52 bits per heavy atom. The van der Waals surface area contributed by atoms with E-state index >= 15 is 0 Å². The van der Waals surface area contributed by atoms with Crippen LogP contribution in [0, 0.1) is 0 Å². The van der Waals surface area contributed by atoms with E-state index in [1.807, 2.05) is 30.3 Å². The standard InChI is InChI=1S/C22H26N2O5/c1-27-19-9-8-17(16-20(19)28-2)22(26)24-13-11-23(12-14-24)21(25)10-15-29-18-6-4-3-5-7-18/h3-9,16H,10-15H2,1-2H3. The van der Waals surface area contributed by atoms with Gasteiger partial charge in [-0.25, -0.2) is 0 Å². The summed E-state index contributed by atoms with van der Waals surface area (Å²) in [5, 5.41) is 0. The first-order valence-corrected chi connectivity index (χ1v) is 9.59. The summed E-state index contributed by atoms with van der Waals surface area (Å²) in [5.74, 6) is 1.82. The highest BCUT2D eigenvalue weighted by Crippen LogP contribution is 2.28. The van der Waals surface area contributed by atoms with Gasteiger partial charge in [0.1, 0.15) is 5.75 Å². The Kier molecular flexibility index (Phi) is 6.94. The number of para-hydroxylation sites is 1. The number of amides is 2. The number of rotatable bonds is 7. The number of carbonyl (C=O) groups excluding carboxylic acids is 2. The molecular weight excluding hydrogens is 372 g/mol. The summed E-state index contributed by atoms with van der Waals surface area (Å²) in [5.41, 5.74) is 0.540. The van der Waals surface area contributed by atoms with Crippen molar-refractivity contribution in [3.8, 4) is 17.2 Å². The Balaban J connectivity index is 1.48. The van der Waals surface area contributed by atoms with Crippen molar-refractivity contribution >= 4 is 11.8 Å². The Labute approximate surface area is 170 Å². The first kappa shape index (κ1) is 20.5. The summed E-state index contributed by atoms with van der Waals surface area (Å²) in [6, 6.07) is 14.6. The van der Waals surface area contributed by atoms with Crippen LogP contribution < -0.4 is 14.2 Å². The number of hydrogen-bond donors (Lipinski definition) is 0. The lowest BCUT2D eigenvalue weighted by molar-refractivity contribution is -0.133. The van der Waals surface area contributed by atoms with Gasteiger partial charge in [0.25, 0.3) is 5.91 Å². The van der Waals surface area contributed by atoms with Gasteiger partial charge in [-0.3, -0.25) is 9.59 Å². The van der Waals surface area contributed by atoms with Crippen LogP contribution in [0.25, 0.3) is 0 Å². The summed E-state index contributed by atoms with van der Waals surface area (Å²) < 4.78 is 16.1. The second kappa shape index (κ2) is 9.82. The third-order valence-corrected chi connectivity index (χ3v) is 4.88. The predicted octanol–water partition coefficient (Wildman–Crippen LogP) is 2.46. The van der Waals surface area contributed by atoms with Crippen LogP contribution in [0.5, 0.6) is 17.2 Å². The summed E-state index contributed by atoms with van der Waals surface area (Å²) in [6.07, 6.45) is 0.318. The van der Waals surface area contributed by atoms with Crippen molar-refractivity contribution in [2.75, 3.05) is 47.0 Å². The van der Waals surface area contributed by atoms with Crippen LogP contribution in [-0.2, 0) is 4.79 Å². The minimum absolute atomic E-state index is 0.0409. The van der Waals surface area contributed by atoms with Crippen molar-refractivity contribution in [2.24, 2.45) is 0 Å². The SMILES string of the molecule is COc1ccc(C(=O)N2CCN(C(=O)CCOc3ccccc3)CC2)cc1OC. The molecule has 1 saturated heterocycles. The zero-order valence-electron chi connectivity index (χ0n) is 16.8. The number of ether oxygens (including phenoxy) is 3. The van der Waals surface area contributed by atoms with Crippen LogP contribution in [0.15, 0.2) is 48.5 Å². The smallest absolute Gasteiger partial charge is 0.254 e. The fourth-order valence-corrected chi connectivity index (χ4v) is 3.24. The Morgan fingerprint density at radius 1 is 0.862 bits per heavy atom. The fourth-order valence-electron chi connectivity index (χ4n) is 3.24. The molecule has 0 N–H and O–H groups in total. The van der Waals surface area contributed by atoms with Crippen molar-refractivity contribution in [1.82, 2.24) is 9.80 Å². The van der Waals surface area contributed by atoms with E-state index in [1.165, 1.54) is 7.11 Å². The van der Waals surface area contributed by atoms with Gasteiger partial charge in [0, 0.05) is 31.7 Å². The van der Waals surface area contributed by atoms with Crippen molar-refractivity contribution in [3.05, 3.63) is 54.1 Å². The molecular formula is C22H26N2O5. The molecule has 1 aliphatic rings. The van der Waals surface area contributed by atoms with Crippen molar-refractivity contribution in [3.63, 3.8) is 0 Å². The lowest BCUT2D eigenvalue weighted by Gasteiger charge is -2.35. The highest BCUT2D eigenvalue weighted by Gasteiger charge is 2.25. The Hall–Kier alpha value is -3.22. The highest BCUT2D eigenvalue weighted by atomic mass is 16.5. The quantitative estimate of drug-likeness (QED) is 0.717. The third kappa shape index (κ3) is 5.19. The highest BCUT2D eigenvalue weighted by molar-refractivity contribution is 5.95. The monoisotopic (exact) mass is 398 g/mol. The number of benzene rings is 2. The molecule has 0 aliphatic carbocycles. The molecule has 1 aliphatic heterocycles. The molecule has 0 radical (unpaired) electrons. The molecule has 3 rings (SSSR count). The molecule has 0 spiro atoms. The zero-order valence-corrected chi connectivity index (χ0v) is 16.8. The van der Waals surface area contributed by atoms with E-state index in [1.54, 1.807) is 35.1 Å². The topological polar surface area (TPSA) is 68.3 Å². The number of hydrogen-bond acceptors (Lipinski definition) is 5. The average molecular weight is 398 g/mol. The number of nitrogens with zero attached hydrogens (tertiary/aromatic N) is 2. The molecule has 0 bridgehead atoms. The average Bonchev–Trinajstić information content (AvgIpc) is 2.78. The molecule has 29 heavy (non-hydrogen) atoms. The second-order valence-electron chi connectivity index (χ2n) is 6.65. The van der Waals surface area contributed by atoms with Crippen molar-refractivity contribution in [1.29, 1.82) is 0 Å². The molecule has 2 aromatic carbocycles. The molecule has 0 unspecified atom stereocenters. The lowest BCUT2D eigenvalue weighted by Crippen LogP contribution is -2.50. The largest absolute Gasteiger partial charge is 0.493 e. The molecule has 1 heterocycles. The van der Waals surface area contributed by atoms with Crippen LogP contribution in [-0.4, -0.2) is 68.6 Å². The summed E-state index contributed by atoms with van der Waals surface area (Å²) in [7, 11) is 3.10. The molecule has 7 nitrogen and oxygen atoms in total. The summed E-state index contributed by atoms with van der Waals surface area (Å²) in [4.78, 5) is 28.7. The van der Waals surface area contributed by atoms with Gasteiger partial charge < -0.3 is 24.0 Å². The minimum atomic E-state index is -0.0783. The molecule has 7 heteroatoms. The van der Waals surface area contributed by atoms with Crippen LogP contribution >= 0.6 is 0 Å². The van der Waals surface area contributed by atoms with E-state index in [9.17, 15) is 9.59 Å². The molecule has 0 aromatic heterocycles. The lowest BCUT2D eigenvalue weighted by atomic mass is 10.1. The fraction of sp³-hybridized carbons (Fsp3) is 0.364. The van der Waals surface area contributed by atoms with Gasteiger partial charge in [0.2, 0.25) is 5.91 Å². The molecule has 1 fully saturated rings. The summed E-state index contributed by atoms with van der Waals surface area (Å²) >= 11 is 0. The molecule has 2 aromatic rings. The maximum atomic E-state index is 12.8. The molecule has 0 atom stereocenters. The Bertz CT molecular complexity index is 832. The van der Waals surface area contributed by atoms with E-state index in [2.05, 4.69) is 0 Å².